The molecule has 1 N–H and O–H groups in total. The Balaban J connectivity index is 2.02. The number of hydrogen-bond donors (Lipinski definition) is 1. The molecule has 1 heterocycles. The first-order valence-electron chi connectivity index (χ1n) is 6.89. The standard InChI is InChI=1S/C16H16ClN3S/c1-10(2)14(11-6-4-3-5-7-11)18-15-12(17)8-9-13-16(15)20-21-19-13/h3-10,14,18H,1-2H3. The fourth-order valence-electron chi connectivity index (χ4n) is 2.41. The molecule has 1 atom stereocenters. The zero-order chi connectivity index (χ0) is 14.8. The summed E-state index contributed by atoms with van der Waals surface area (Å²) in [6, 6.07) is 14.3. The number of anilines is 1. The molecule has 0 saturated heterocycles. The predicted octanol–water partition coefficient (Wildman–Crippen LogP) is 5.15. The monoisotopic (exact) mass is 317 g/mol. The molecular weight excluding hydrogens is 302 g/mol. The van der Waals surface area contributed by atoms with Gasteiger partial charge in [-0.25, -0.2) is 0 Å². The van der Waals surface area contributed by atoms with E-state index in [4.69, 9.17) is 11.6 Å². The number of aromatic nitrogens is 2. The Hall–Kier alpha value is -1.65. The summed E-state index contributed by atoms with van der Waals surface area (Å²) in [6.07, 6.45) is 0. The van der Waals surface area contributed by atoms with Crippen LogP contribution in [-0.2, 0) is 0 Å². The highest BCUT2D eigenvalue weighted by molar-refractivity contribution is 7.00. The first-order valence-corrected chi connectivity index (χ1v) is 8.00. The summed E-state index contributed by atoms with van der Waals surface area (Å²) in [5.41, 5.74) is 3.82. The van der Waals surface area contributed by atoms with Crippen molar-refractivity contribution >= 4 is 40.0 Å². The van der Waals surface area contributed by atoms with Gasteiger partial charge in [-0.3, -0.25) is 0 Å². The zero-order valence-electron chi connectivity index (χ0n) is 11.9. The van der Waals surface area contributed by atoms with Crippen molar-refractivity contribution in [2.75, 3.05) is 5.32 Å². The maximum atomic E-state index is 6.37. The smallest absolute Gasteiger partial charge is 0.129 e. The van der Waals surface area contributed by atoms with Crippen molar-refractivity contribution in [1.82, 2.24) is 8.75 Å². The number of benzene rings is 2. The van der Waals surface area contributed by atoms with Gasteiger partial charge in [-0.15, -0.1) is 0 Å². The highest BCUT2D eigenvalue weighted by atomic mass is 35.5. The van der Waals surface area contributed by atoms with Crippen molar-refractivity contribution in [1.29, 1.82) is 0 Å². The lowest BCUT2D eigenvalue weighted by atomic mass is 9.95. The number of halogens is 1. The van der Waals surface area contributed by atoms with Crippen molar-refractivity contribution in [3.05, 3.63) is 53.1 Å². The molecule has 0 spiro atoms. The van der Waals surface area contributed by atoms with E-state index in [1.165, 1.54) is 17.3 Å². The van der Waals surface area contributed by atoms with Gasteiger partial charge in [0.25, 0.3) is 0 Å². The van der Waals surface area contributed by atoms with Crippen molar-refractivity contribution in [2.45, 2.75) is 19.9 Å². The van der Waals surface area contributed by atoms with E-state index < -0.39 is 0 Å². The molecule has 0 radical (unpaired) electrons. The lowest BCUT2D eigenvalue weighted by molar-refractivity contribution is 0.547. The van der Waals surface area contributed by atoms with Gasteiger partial charge in [0.05, 0.1) is 28.5 Å². The fraction of sp³-hybridized carbons (Fsp3) is 0.250. The van der Waals surface area contributed by atoms with E-state index in [0.717, 1.165) is 16.7 Å². The second-order valence-corrected chi connectivity index (χ2v) is 6.27. The number of hydrogen-bond acceptors (Lipinski definition) is 4. The Labute approximate surface area is 133 Å². The summed E-state index contributed by atoms with van der Waals surface area (Å²) in [6.45, 7) is 4.38. The van der Waals surface area contributed by atoms with Gasteiger partial charge in [0.1, 0.15) is 11.0 Å². The molecule has 0 aliphatic carbocycles. The van der Waals surface area contributed by atoms with E-state index in [9.17, 15) is 0 Å². The summed E-state index contributed by atoms with van der Waals surface area (Å²) in [7, 11) is 0. The molecule has 21 heavy (non-hydrogen) atoms. The second-order valence-electron chi connectivity index (χ2n) is 5.33. The largest absolute Gasteiger partial charge is 0.375 e. The first-order chi connectivity index (χ1) is 10.2. The summed E-state index contributed by atoms with van der Waals surface area (Å²) in [5, 5.41) is 4.24. The maximum Gasteiger partial charge on any atom is 0.129 e. The molecule has 0 aliphatic rings. The third-order valence-corrected chi connectivity index (χ3v) is 4.36. The van der Waals surface area contributed by atoms with Crippen LogP contribution in [0.3, 0.4) is 0 Å². The minimum atomic E-state index is 0.177. The van der Waals surface area contributed by atoms with E-state index in [0.29, 0.717) is 10.9 Å². The Bertz CT molecular complexity index is 740. The van der Waals surface area contributed by atoms with Gasteiger partial charge in [-0.2, -0.15) is 8.75 Å². The van der Waals surface area contributed by atoms with Crippen molar-refractivity contribution in [2.24, 2.45) is 5.92 Å². The van der Waals surface area contributed by atoms with E-state index in [1.54, 1.807) is 0 Å². The Morgan fingerprint density at radius 3 is 2.52 bits per heavy atom. The van der Waals surface area contributed by atoms with Gasteiger partial charge in [-0.1, -0.05) is 55.8 Å². The van der Waals surface area contributed by atoms with Crippen LogP contribution < -0.4 is 5.32 Å². The Morgan fingerprint density at radius 2 is 1.81 bits per heavy atom. The average molecular weight is 318 g/mol. The normalized spacial score (nSPS) is 12.8. The molecule has 108 valence electrons. The second kappa shape index (κ2) is 6.00. The van der Waals surface area contributed by atoms with E-state index in [2.05, 4.69) is 52.2 Å². The van der Waals surface area contributed by atoms with Gasteiger partial charge >= 0.3 is 0 Å². The maximum absolute atomic E-state index is 6.37. The SMILES string of the molecule is CC(C)C(Nc1c(Cl)ccc2nsnc12)c1ccccc1. The minimum Gasteiger partial charge on any atom is -0.375 e. The van der Waals surface area contributed by atoms with Crippen LogP contribution in [0.2, 0.25) is 5.02 Å². The summed E-state index contributed by atoms with van der Waals surface area (Å²) in [5.74, 6) is 0.422. The van der Waals surface area contributed by atoms with Gasteiger partial charge in [-0.05, 0) is 23.6 Å². The zero-order valence-corrected chi connectivity index (χ0v) is 13.4. The Morgan fingerprint density at radius 1 is 1.05 bits per heavy atom. The highest BCUT2D eigenvalue weighted by Crippen LogP contribution is 2.35. The van der Waals surface area contributed by atoms with Crippen LogP contribution in [0.1, 0.15) is 25.5 Å². The van der Waals surface area contributed by atoms with E-state index >= 15 is 0 Å². The molecule has 3 nitrogen and oxygen atoms in total. The third-order valence-electron chi connectivity index (χ3n) is 3.50. The molecule has 1 unspecified atom stereocenters. The third kappa shape index (κ3) is 2.87. The van der Waals surface area contributed by atoms with Gasteiger partial charge in [0.2, 0.25) is 0 Å². The predicted molar refractivity (Wildman–Crippen MR) is 90.1 cm³/mol. The molecule has 0 fully saturated rings. The van der Waals surface area contributed by atoms with Crippen molar-refractivity contribution in [3.63, 3.8) is 0 Å². The van der Waals surface area contributed by atoms with Crippen LogP contribution in [0.4, 0.5) is 5.69 Å². The minimum absolute atomic E-state index is 0.177. The molecule has 3 rings (SSSR count). The topological polar surface area (TPSA) is 37.8 Å². The van der Waals surface area contributed by atoms with Gasteiger partial charge in [0, 0.05) is 0 Å². The van der Waals surface area contributed by atoms with Crippen LogP contribution >= 0.6 is 23.3 Å². The molecule has 1 aromatic heterocycles. The van der Waals surface area contributed by atoms with E-state index in [1.807, 2.05) is 18.2 Å². The lowest BCUT2D eigenvalue weighted by Crippen LogP contribution is -2.17. The molecule has 0 aliphatic heterocycles. The van der Waals surface area contributed by atoms with Crippen molar-refractivity contribution in [3.8, 4) is 0 Å². The molecule has 5 heteroatoms. The summed E-state index contributed by atoms with van der Waals surface area (Å²) >= 11 is 7.58. The van der Waals surface area contributed by atoms with Crippen LogP contribution in [0.25, 0.3) is 11.0 Å². The molecular formula is C16H16ClN3S. The Kier molecular flexibility index (Phi) is 4.08. The highest BCUT2D eigenvalue weighted by Gasteiger charge is 2.19. The van der Waals surface area contributed by atoms with Crippen LogP contribution in [-0.4, -0.2) is 8.75 Å². The van der Waals surface area contributed by atoms with Gasteiger partial charge < -0.3 is 5.32 Å². The number of rotatable bonds is 4. The molecule has 3 aromatic rings. The summed E-state index contributed by atoms with van der Waals surface area (Å²) < 4.78 is 8.65. The average Bonchev–Trinajstić information content (AvgIpc) is 2.95. The molecule has 2 aromatic carbocycles. The molecule has 0 bridgehead atoms. The molecule has 0 saturated carbocycles. The number of nitrogens with one attached hydrogen (secondary N) is 1. The lowest BCUT2D eigenvalue weighted by Gasteiger charge is -2.24. The van der Waals surface area contributed by atoms with Crippen LogP contribution in [0, 0.1) is 5.92 Å². The quantitative estimate of drug-likeness (QED) is 0.722. The number of nitrogens with zero attached hydrogens (tertiary/aromatic N) is 2. The summed E-state index contributed by atoms with van der Waals surface area (Å²) in [4.78, 5) is 0. The van der Waals surface area contributed by atoms with Crippen molar-refractivity contribution < 1.29 is 0 Å². The first kappa shape index (κ1) is 14.3. The van der Waals surface area contributed by atoms with Crippen LogP contribution in [0.5, 0.6) is 0 Å². The van der Waals surface area contributed by atoms with E-state index in [-0.39, 0.29) is 6.04 Å². The fourth-order valence-corrected chi connectivity index (χ4v) is 3.16. The van der Waals surface area contributed by atoms with Gasteiger partial charge in [0.15, 0.2) is 0 Å². The molecule has 0 amide bonds. The number of fused-ring (bicyclic) bond motifs is 1. The van der Waals surface area contributed by atoms with Crippen LogP contribution in [0.15, 0.2) is 42.5 Å².